The number of rotatable bonds is 4. The molecule has 0 aromatic carbocycles. The van der Waals surface area contributed by atoms with Crippen molar-refractivity contribution in [1.29, 1.82) is 0 Å². The van der Waals surface area contributed by atoms with Crippen LogP contribution in [0.5, 0.6) is 0 Å². The summed E-state index contributed by atoms with van der Waals surface area (Å²) in [6.07, 6.45) is 7.17. The Labute approximate surface area is 161 Å². The number of hydrogen-bond acceptors (Lipinski definition) is 5. The molecule has 1 aliphatic rings. The summed E-state index contributed by atoms with van der Waals surface area (Å²) in [5, 5.41) is 1.01. The van der Waals surface area contributed by atoms with Gasteiger partial charge in [0.25, 0.3) is 5.91 Å². The first kappa shape index (κ1) is 17.6. The largest absolute Gasteiger partial charge is 0.365 e. The minimum Gasteiger partial charge on any atom is -0.365 e. The Morgan fingerprint density at radius 2 is 1.96 bits per heavy atom. The third-order valence-electron chi connectivity index (χ3n) is 5.06. The van der Waals surface area contributed by atoms with E-state index in [1.807, 2.05) is 29.2 Å². The Morgan fingerprint density at radius 1 is 1.19 bits per heavy atom. The average Bonchev–Trinajstić information content (AvgIpc) is 3.09. The van der Waals surface area contributed by atoms with Crippen molar-refractivity contribution in [2.75, 3.05) is 13.1 Å². The van der Waals surface area contributed by atoms with Crippen LogP contribution in [0.1, 0.15) is 39.6 Å². The smallest absolute Gasteiger partial charge is 0.259 e. The number of primary amides is 1. The van der Waals surface area contributed by atoms with Gasteiger partial charge in [0.05, 0.1) is 11.3 Å². The third-order valence-corrected chi connectivity index (χ3v) is 6.21. The molecule has 1 fully saturated rings. The monoisotopic (exact) mass is 380 g/mol. The lowest BCUT2D eigenvalue weighted by atomic mass is 9.87. The standard InChI is InChI=1S/C20H20N4O2S/c21-19(26)18-17(15-4-2-8-23-20(15)27-18)14-5-9-24(10-6-14)16(25)11-13-3-1-7-22-12-13/h1-4,7-8,12,14H,5-6,9-11H2,(H2,21,26). The topological polar surface area (TPSA) is 89.2 Å². The van der Waals surface area contributed by atoms with Crippen LogP contribution in [-0.2, 0) is 11.2 Å². The van der Waals surface area contributed by atoms with Gasteiger partial charge in [-0.1, -0.05) is 12.1 Å². The third kappa shape index (κ3) is 3.55. The summed E-state index contributed by atoms with van der Waals surface area (Å²) in [7, 11) is 0. The average molecular weight is 380 g/mol. The fraction of sp³-hybridized carbons (Fsp3) is 0.300. The number of piperidine rings is 1. The fourth-order valence-electron chi connectivity index (χ4n) is 3.75. The molecule has 0 atom stereocenters. The minimum atomic E-state index is -0.400. The highest BCUT2D eigenvalue weighted by Gasteiger charge is 2.29. The number of carbonyl (C=O) groups is 2. The second kappa shape index (κ2) is 7.44. The van der Waals surface area contributed by atoms with Crippen LogP contribution in [0.4, 0.5) is 0 Å². The maximum Gasteiger partial charge on any atom is 0.259 e. The zero-order valence-electron chi connectivity index (χ0n) is 14.8. The van der Waals surface area contributed by atoms with Gasteiger partial charge < -0.3 is 10.6 Å². The van der Waals surface area contributed by atoms with Gasteiger partial charge in [-0.15, -0.1) is 11.3 Å². The number of thiophene rings is 1. The zero-order valence-corrected chi connectivity index (χ0v) is 15.6. The molecule has 0 saturated carbocycles. The van der Waals surface area contributed by atoms with Crippen molar-refractivity contribution in [1.82, 2.24) is 14.9 Å². The van der Waals surface area contributed by atoms with Crippen molar-refractivity contribution in [2.24, 2.45) is 5.73 Å². The number of aromatic nitrogens is 2. The first-order chi connectivity index (χ1) is 13.1. The molecule has 2 N–H and O–H groups in total. The van der Waals surface area contributed by atoms with Crippen LogP contribution in [0.3, 0.4) is 0 Å². The molecule has 3 aromatic heterocycles. The Kier molecular flexibility index (Phi) is 4.85. The van der Waals surface area contributed by atoms with Crippen LogP contribution in [0, 0.1) is 0 Å². The van der Waals surface area contributed by atoms with E-state index >= 15 is 0 Å². The van der Waals surface area contributed by atoms with E-state index in [4.69, 9.17) is 5.73 Å². The SMILES string of the molecule is NC(=O)c1sc2ncccc2c1C1CCN(C(=O)Cc2cccnc2)CC1. The number of pyridine rings is 2. The van der Waals surface area contributed by atoms with Gasteiger partial charge in [0.1, 0.15) is 4.83 Å². The predicted octanol–water partition coefficient (Wildman–Crippen LogP) is 2.74. The van der Waals surface area contributed by atoms with E-state index in [0.29, 0.717) is 24.4 Å². The van der Waals surface area contributed by atoms with Gasteiger partial charge in [0.15, 0.2) is 0 Å². The number of nitrogens with two attached hydrogens (primary N) is 1. The molecule has 2 amide bonds. The molecular weight excluding hydrogens is 360 g/mol. The van der Waals surface area contributed by atoms with Crippen LogP contribution in [-0.4, -0.2) is 39.8 Å². The van der Waals surface area contributed by atoms with Gasteiger partial charge in [-0.2, -0.15) is 0 Å². The van der Waals surface area contributed by atoms with Gasteiger partial charge in [-0.05, 0) is 42.0 Å². The molecule has 4 heterocycles. The summed E-state index contributed by atoms with van der Waals surface area (Å²) < 4.78 is 0. The van der Waals surface area contributed by atoms with Gasteiger partial charge in [-0.3, -0.25) is 14.6 Å². The van der Waals surface area contributed by atoms with Gasteiger partial charge in [0.2, 0.25) is 5.91 Å². The number of nitrogens with zero attached hydrogens (tertiary/aromatic N) is 3. The van der Waals surface area contributed by atoms with Gasteiger partial charge in [0, 0.05) is 37.1 Å². The molecule has 7 heteroatoms. The predicted molar refractivity (Wildman–Crippen MR) is 105 cm³/mol. The highest BCUT2D eigenvalue weighted by atomic mass is 32.1. The van der Waals surface area contributed by atoms with Gasteiger partial charge >= 0.3 is 0 Å². The van der Waals surface area contributed by atoms with E-state index in [1.165, 1.54) is 11.3 Å². The van der Waals surface area contributed by atoms with Crippen molar-refractivity contribution in [3.8, 4) is 0 Å². The first-order valence-corrected chi connectivity index (χ1v) is 9.79. The lowest BCUT2D eigenvalue weighted by molar-refractivity contribution is -0.131. The molecule has 6 nitrogen and oxygen atoms in total. The van der Waals surface area contributed by atoms with Crippen LogP contribution >= 0.6 is 11.3 Å². The van der Waals surface area contributed by atoms with E-state index in [0.717, 1.165) is 34.2 Å². The molecule has 0 bridgehead atoms. The van der Waals surface area contributed by atoms with Gasteiger partial charge in [-0.25, -0.2) is 4.98 Å². The Hall–Kier alpha value is -2.80. The maximum atomic E-state index is 12.6. The summed E-state index contributed by atoms with van der Waals surface area (Å²) in [5.74, 6) is -0.0654. The van der Waals surface area contributed by atoms with Crippen molar-refractivity contribution >= 4 is 33.4 Å². The van der Waals surface area contributed by atoms with E-state index in [-0.39, 0.29) is 11.8 Å². The number of hydrogen-bond donors (Lipinski definition) is 1. The molecule has 0 radical (unpaired) electrons. The van der Waals surface area contributed by atoms with Crippen LogP contribution in [0.25, 0.3) is 10.2 Å². The van der Waals surface area contributed by atoms with E-state index in [9.17, 15) is 9.59 Å². The fourth-order valence-corrected chi connectivity index (χ4v) is 4.83. The van der Waals surface area contributed by atoms with E-state index in [2.05, 4.69) is 9.97 Å². The number of amides is 2. The number of likely N-dealkylation sites (tertiary alicyclic amines) is 1. The molecular formula is C20H20N4O2S. The van der Waals surface area contributed by atoms with Crippen molar-refractivity contribution in [3.05, 3.63) is 58.9 Å². The Balaban J connectivity index is 1.50. The Morgan fingerprint density at radius 3 is 2.67 bits per heavy atom. The first-order valence-electron chi connectivity index (χ1n) is 8.97. The Bertz CT molecular complexity index is 978. The van der Waals surface area contributed by atoms with Crippen molar-refractivity contribution in [2.45, 2.75) is 25.2 Å². The second-order valence-corrected chi connectivity index (χ2v) is 7.76. The molecule has 0 spiro atoms. The molecule has 3 aromatic rings. The summed E-state index contributed by atoms with van der Waals surface area (Å²) in [6.45, 7) is 1.36. The van der Waals surface area contributed by atoms with Crippen molar-refractivity contribution in [3.63, 3.8) is 0 Å². The highest BCUT2D eigenvalue weighted by molar-refractivity contribution is 7.20. The number of fused-ring (bicyclic) bond motifs is 1. The highest BCUT2D eigenvalue weighted by Crippen LogP contribution is 2.39. The van der Waals surface area contributed by atoms with Crippen LogP contribution < -0.4 is 5.73 Å². The quantitative estimate of drug-likeness (QED) is 0.754. The summed E-state index contributed by atoms with van der Waals surface area (Å²) in [5.41, 5.74) is 7.56. The second-order valence-electron chi connectivity index (χ2n) is 6.76. The van der Waals surface area contributed by atoms with E-state index < -0.39 is 5.91 Å². The summed E-state index contributed by atoms with van der Waals surface area (Å²) in [6, 6.07) is 7.65. The normalized spacial score (nSPS) is 15.2. The lowest BCUT2D eigenvalue weighted by Gasteiger charge is -2.32. The molecule has 0 aliphatic carbocycles. The van der Waals surface area contributed by atoms with Crippen molar-refractivity contribution < 1.29 is 9.59 Å². The molecule has 138 valence electrons. The van der Waals surface area contributed by atoms with Crippen LogP contribution in [0.15, 0.2) is 42.9 Å². The van der Waals surface area contributed by atoms with E-state index in [1.54, 1.807) is 18.6 Å². The lowest BCUT2D eigenvalue weighted by Crippen LogP contribution is -2.39. The molecule has 27 heavy (non-hydrogen) atoms. The van der Waals surface area contributed by atoms with Crippen LogP contribution in [0.2, 0.25) is 0 Å². The minimum absolute atomic E-state index is 0.119. The summed E-state index contributed by atoms with van der Waals surface area (Å²) >= 11 is 1.36. The zero-order chi connectivity index (χ0) is 18.8. The molecule has 1 saturated heterocycles. The molecule has 0 unspecified atom stereocenters. The maximum absolute atomic E-state index is 12.6. The molecule has 1 aliphatic heterocycles. The summed E-state index contributed by atoms with van der Waals surface area (Å²) in [4.78, 5) is 36.3. The number of carbonyl (C=O) groups excluding carboxylic acids is 2. The molecule has 4 rings (SSSR count).